The molecule has 1 unspecified atom stereocenters. The number of hydrogen-bond donors (Lipinski definition) is 1. The number of rotatable bonds is 3. The van der Waals surface area contributed by atoms with Crippen LogP contribution in [0.2, 0.25) is 0 Å². The monoisotopic (exact) mass is 344 g/mol. The summed E-state index contributed by atoms with van der Waals surface area (Å²) in [5, 5.41) is 2.69. The first-order valence-electron chi connectivity index (χ1n) is 7.47. The number of nitrogens with one attached hydrogen (secondary N) is 1. The molecule has 0 radical (unpaired) electrons. The van der Waals surface area contributed by atoms with Gasteiger partial charge in [0, 0.05) is 13.1 Å². The molecule has 1 aromatic carbocycles. The second-order valence-corrected chi connectivity index (χ2v) is 6.09. The van der Waals surface area contributed by atoms with Crippen LogP contribution >= 0.6 is 0 Å². The first-order chi connectivity index (χ1) is 11.0. The lowest BCUT2D eigenvalue weighted by Gasteiger charge is -2.42. The number of halogens is 3. The Balaban J connectivity index is 2.07. The number of alkyl halides is 3. The van der Waals surface area contributed by atoms with Gasteiger partial charge in [0.25, 0.3) is 5.91 Å². The van der Waals surface area contributed by atoms with Crippen molar-refractivity contribution < 1.29 is 27.5 Å². The quantitative estimate of drug-likeness (QED) is 0.915. The third-order valence-corrected chi connectivity index (χ3v) is 3.96. The van der Waals surface area contributed by atoms with Crippen LogP contribution in [0.5, 0.6) is 5.75 Å². The first kappa shape index (κ1) is 18.1. The van der Waals surface area contributed by atoms with Crippen LogP contribution in [0, 0.1) is 0 Å². The Morgan fingerprint density at radius 2 is 1.88 bits per heavy atom. The second kappa shape index (κ2) is 6.33. The lowest BCUT2D eigenvalue weighted by Crippen LogP contribution is -2.65. The maximum atomic E-state index is 12.5. The van der Waals surface area contributed by atoms with Gasteiger partial charge in [0.1, 0.15) is 11.3 Å². The predicted octanol–water partition coefficient (Wildman–Crippen LogP) is 2.21. The number of amides is 2. The Morgan fingerprint density at radius 3 is 2.42 bits per heavy atom. The minimum atomic E-state index is -4.43. The maximum absolute atomic E-state index is 12.5. The summed E-state index contributed by atoms with van der Waals surface area (Å²) in [5.41, 5.74) is -1.80. The van der Waals surface area contributed by atoms with Crippen LogP contribution < -0.4 is 10.1 Å². The molecule has 132 valence electrons. The minimum Gasteiger partial charge on any atom is -0.481 e. The summed E-state index contributed by atoms with van der Waals surface area (Å²) in [7, 11) is 0. The number of piperazine rings is 1. The van der Waals surface area contributed by atoms with Crippen LogP contribution in [-0.2, 0) is 15.8 Å². The Kier molecular flexibility index (Phi) is 4.77. The van der Waals surface area contributed by atoms with Gasteiger partial charge in [-0.2, -0.15) is 13.2 Å². The molecule has 2 rings (SSSR count). The van der Waals surface area contributed by atoms with E-state index in [4.69, 9.17) is 4.74 Å². The molecule has 1 heterocycles. The van der Waals surface area contributed by atoms with Crippen molar-refractivity contribution in [1.82, 2.24) is 10.2 Å². The van der Waals surface area contributed by atoms with E-state index in [1.165, 1.54) is 24.0 Å². The zero-order valence-electron chi connectivity index (χ0n) is 13.6. The summed E-state index contributed by atoms with van der Waals surface area (Å²) in [6.45, 7) is 5.45. The van der Waals surface area contributed by atoms with E-state index in [2.05, 4.69) is 5.32 Å². The van der Waals surface area contributed by atoms with Crippen LogP contribution in [0.25, 0.3) is 0 Å². The van der Waals surface area contributed by atoms with E-state index >= 15 is 0 Å². The van der Waals surface area contributed by atoms with Gasteiger partial charge in [0.2, 0.25) is 5.91 Å². The molecule has 2 amide bonds. The topological polar surface area (TPSA) is 58.6 Å². The molecule has 0 saturated carbocycles. The summed E-state index contributed by atoms with van der Waals surface area (Å²) in [6.07, 6.45) is -5.35. The summed E-state index contributed by atoms with van der Waals surface area (Å²) in [5.74, 6) is -0.498. The average molecular weight is 344 g/mol. The number of carbonyl (C=O) groups is 2. The van der Waals surface area contributed by atoms with E-state index in [0.29, 0.717) is 13.1 Å². The fraction of sp³-hybridized carbons (Fsp3) is 0.500. The number of carbonyl (C=O) groups excluding carboxylic acids is 2. The summed E-state index contributed by atoms with van der Waals surface area (Å²) in [6, 6.07) is 4.12. The summed E-state index contributed by atoms with van der Waals surface area (Å²) < 4.78 is 43.0. The third-order valence-electron chi connectivity index (χ3n) is 3.96. The van der Waals surface area contributed by atoms with E-state index < -0.39 is 29.3 Å². The normalized spacial score (nSPS) is 18.8. The first-order valence-corrected chi connectivity index (χ1v) is 7.47. The van der Waals surface area contributed by atoms with Crippen molar-refractivity contribution in [2.45, 2.75) is 38.6 Å². The van der Waals surface area contributed by atoms with Crippen molar-refractivity contribution in [3.05, 3.63) is 29.8 Å². The van der Waals surface area contributed by atoms with Gasteiger partial charge in [-0.25, -0.2) is 0 Å². The van der Waals surface area contributed by atoms with Gasteiger partial charge in [0.05, 0.1) is 5.56 Å². The molecule has 0 bridgehead atoms. The highest BCUT2D eigenvalue weighted by atomic mass is 19.4. The molecule has 24 heavy (non-hydrogen) atoms. The molecule has 1 N–H and O–H groups in total. The van der Waals surface area contributed by atoms with Crippen molar-refractivity contribution in [2.24, 2.45) is 0 Å². The van der Waals surface area contributed by atoms with Gasteiger partial charge in [-0.1, -0.05) is 0 Å². The van der Waals surface area contributed by atoms with Crippen molar-refractivity contribution in [3.63, 3.8) is 0 Å². The molecular weight excluding hydrogens is 325 g/mol. The van der Waals surface area contributed by atoms with Gasteiger partial charge in [0.15, 0.2) is 6.10 Å². The van der Waals surface area contributed by atoms with E-state index in [1.807, 2.05) is 0 Å². The fourth-order valence-corrected chi connectivity index (χ4v) is 2.48. The lowest BCUT2D eigenvalue weighted by molar-refractivity contribution is -0.153. The van der Waals surface area contributed by atoms with Crippen LogP contribution in [0.15, 0.2) is 24.3 Å². The Bertz CT molecular complexity index is 626. The summed E-state index contributed by atoms with van der Waals surface area (Å²) in [4.78, 5) is 25.8. The lowest BCUT2D eigenvalue weighted by atomic mass is 9.98. The SMILES string of the molecule is CC(Oc1ccc(C(F)(F)F)cc1)C(=O)N1CCNC(=O)C1(C)C. The standard InChI is InChI=1S/C16H19F3N2O3/c1-10(13(22)21-9-8-20-14(23)15(21,2)3)24-12-6-4-11(5-7-12)16(17,18)19/h4-7,10H,8-9H2,1-3H3,(H,20,23). The zero-order chi connectivity index (χ0) is 18.1. The molecular formula is C16H19F3N2O3. The molecule has 1 saturated heterocycles. The van der Waals surface area contributed by atoms with E-state index in [0.717, 1.165) is 12.1 Å². The van der Waals surface area contributed by atoms with E-state index in [-0.39, 0.29) is 11.7 Å². The predicted molar refractivity (Wildman–Crippen MR) is 80.3 cm³/mol. The highest BCUT2D eigenvalue weighted by Crippen LogP contribution is 2.30. The Labute approximate surface area is 137 Å². The smallest absolute Gasteiger partial charge is 0.416 e. The Morgan fingerprint density at radius 1 is 1.29 bits per heavy atom. The number of benzene rings is 1. The molecule has 8 heteroatoms. The highest BCUT2D eigenvalue weighted by Gasteiger charge is 2.42. The minimum absolute atomic E-state index is 0.156. The van der Waals surface area contributed by atoms with Gasteiger partial charge < -0.3 is 15.0 Å². The highest BCUT2D eigenvalue weighted by molar-refractivity contribution is 5.93. The zero-order valence-corrected chi connectivity index (χ0v) is 13.6. The van der Waals surface area contributed by atoms with Crippen LogP contribution in [0.1, 0.15) is 26.3 Å². The summed E-state index contributed by atoms with van der Waals surface area (Å²) >= 11 is 0. The molecule has 5 nitrogen and oxygen atoms in total. The molecule has 1 aliphatic heterocycles. The largest absolute Gasteiger partial charge is 0.481 e. The van der Waals surface area contributed by atoms with Crippen molar-refractivity contribution >= 4 is 11.8 Å². The maximum Gasteiger partial charge on any atom is 0.416 e. The molecule has 1 fully saturated rings. The van der Waals surface area contributed by atoms with Gasteiger partial charge in [-0.3, -0.25) is 9.59 Å². The van der Waals surface area contributed by atoms with Gasteiger partial charge in [-0.15, -0.1) is 0 Å². The Hall–Kier alpha value is -2.25. The van der Waals surface area contributed by atoms with E-state index in [1.54, 1.807) is 13.8 Å². The van der Waals surface area contributed by atoms with Crippen molar-refractivity contribution in [3.8, 4) is 5.75 Å². The number of nitrogens with zero attached hydrogens (tertiary/aromatic N) is 1. The molecule has 1 aromatic rings. The van der Waals surface area contributed by atoms with Gasteiger partial charge >= 0.3 is 6.18 Å². The van der Waals surface area contributed by atoms with Crippen molar-refractivity contribution in [1.29, 1.82) is 0 Å². The molecule has 1 atom stereocenters. The fourth-order valence-electron chi connectivity index (χ4n) is 2.48. The molecule has 1 aliphatic rings. The van der Waals surface area contributed by atoms with Gasteiger partial charge in [-0.05, 0) is 45.0 Å². The molecule has 0 aromatic heterocycles. The molecule has 0 aliphatic carbocycles. The average Bonchev–Trinajstić information content (AvgIpc) is 2.49. The second-order valence-electron chi connectivity index (χ2n) is 6.09. The van der Waals surface area contributed by atoms with Crippen LogP contribution in [0.4, 0.5) is 13.2 Å². The van der Waals surface area contributed by atoms with Crippen LogP contribution in [-0.4, -0.2) is 41.4 Å². The number of ether oxygens (including phenoxy) is 1. The molecule has 0 spiro atoms. The number of hydrogen-bond acceptors (Lipinski definition) is 3. The third kappa shape index (κ3) is 3.63. The van der Waals surface area contributed by atoms with E-state index in [9.17, 15) is 22.8 Å². The van der Waals surface area contributed by atoms with Crippen molar-refractivity contribution in [2.75, 3.05) is 13.1 Å². The van der Waals surface area contributed by atoms with Crippen LogP contribution in [0.3, 0.4) is 0 Å².